The number of carboxylic acid groups (broad SMARTS) is 1. The minimum absolute atomic E-state index is 0.0357. The highest BCUT2D eigenvalue weighted by molar-refractivity contribution is 5.94. The van der Waals surface area contributed by atoms with Gasteiger partial charge in [-0.15, -0.1) is 0 Å². The topological polar surface area (TPSA) is 114 Å². The quantitative estimate of drug-likeness (QED) is 0.532. The van der Waals surface area contributed by atoms with Crippen LogP contribution in [-0.2, 0) is 23.1 Å². The van der Waals surface area contributed by atoms with E-state index in [1.807, 2.05) is 24.3 Å². The Morgan fingerprint density at radius 1 is 1.09 bits per heavy atom. The molecule has 2 aromatic carbocycles. The largest absolute Gasteiger partial charge is 0.480 e. The van der Waals surface area contributed by atoms with Crippen molar-refractivity contribution in [3.05, 3.63) is 77.1 Å². The normalized spacial score (nSPS) is 12.1. The lowest BCUT2D eigenvalue weighted by Crippen LogP contribution is -2.36. The molecule has 1 heterocycles. The van der Waals surface area contributed by atoms with Gasteiger partial charge in [0, 0.05) is 19.5 Å². The van der Waals surface area contributed by atoms with Crippen molar-refractivity contribution >= 4 is 18.0 Å². The van der Waals surface area contributed by atoms with Gasteiger partial charge in [-0.2, -0.15) is 5.10 Å². The number of amides is 2. The van der Waals surface area contributed by atoms with E-state index in [1.165, 1.54) is 15.6 Å². The Hall–Kier alpha value is -4.14. The number of alkyl carbamates (subject to hydrolysis) is 1. The molecule has 9 heteroatoms. The van der Waals surface area contributed by atoms with Crippen molar-refractivity contribution in [2.75, 3.05) is 19.7 Å². The Balaban J connectivity index is 1.36. The predicted molar refractivity (Wildman–Crippen MR) is 124 cm³/mol. The molecule has 176 valence electrons. The van der Waals surface area contributed by atoms with Crippen molar-refractivity contribution in [2.24, 2.45) is 7.05 Å². The van der Waals surface area contributed by atoms with Gasteiger partial charge in [0.2, 0.25) is 0 Å². The molecule has 0 atom stereocenters. The SMILES string of the molecule is CCN(CC(=O)O)C(=O)c1cc(CNC(=O)OCC2c3ccccc3-c3ccccc32)nn1C. The summed E-state index contributed by atoms with van der Waals surface area (Å²) in [6, 6.07) is 17.7. The first-order valence-electron chi connectivity index (χ1n) is 11.0. The number of nitrogens with one attached hydrogen (secondary N) is 1. The van der Waals surface area contributed by atoms with Gasteiger partial charge in [0.05, 0.1) is 12.2 Å². The lowest BCUT2D eigenvalue weighted by Gasteiger charge is -2.18. The van der Waals surface area contributed by atoms with Gasteiger partial charge in [-0.1, -0.05) is 48.5 Å². The number of likely N-dealkylation sites (N-methyl/N-ethyl adjacent to an activating group) is 1. The molecule has 4 rings (SSSR count). The van der Waals surface area contributed by atoms with Crippen LogP contribution in [0.3, 0.4) is 0 Å². The second-order valence-electron chi connectivity index (χ2n) is 8.04. The molecular weight excluding hydrogens is 436 g/mol. The number of aliphatic carboxylic acids is 1. The first-order valence-corrected chi connectivity index (χ1v) is 11.0. The Bertz CT molecular complexity index is 1190. The average Bonchev–Trinajstić information content (AvgIpc) is 3.37. The van der Waals surface area contributed by atoms with Crippen LogP contribution < -0.4 is 5.32 Å². The first kappa shape index (κ1) is 23.0. The van der Waals surface area contributed by atoms with Gasteiger partial charge in [0.25, 0.3) is 5.91 Å². The number of aryl methyl sites for hydroxylation is 1. The Kier molecular flexibility index (Phi) is 6.62. The van der Waals surface area contributed by atoms with Crippen molar-refractivity contribution in [3.8, 4) is 11.1 Å². The van der Waals surface area contributed by atoms with E-state index in [9.17, 15) is 14.4 Å². The predicted octanol–water partition coefficient (Wildman–Crippen LogP) is 3.01. The summed E-state index contributed by atoms with van der Waals surface area (Å²) in [7, 11) is 1.60. The average molecular weight is 463 g/mol. The van der Waals surface area contributed by atoms with Crippen LogP contribution in [0.1, 0.15) is 40.2 Å². The van der Waals surface area contributed by atoms with Gasteiger partial charge >= 0.3 is 12.1 Å². The number of ether oxygens (including phenoxy) is 1. The Morgan fingerprint density at radius 2 is 1.71 bits per heavy atom. The Morgan fingerprint density at radius 3 is 2.29 bits per heavy atom. The fourth-order valence-corrected chi connectivity index (χ4v) is 4.28. The molecule has 3 aromatic rings. The number of hydrogen-bond acceptors (Lipinski definition) is 5. The van der Waals surface area contributed by atoms with Crippen molar-refractivity contribution in [2.45, 2.75) is 19.4 Å². The van der Waals surface area contributed by atoms with Crippen LogP contribution in [0, 0.1) is 0 Å². The molecule has 0 saturated heterocycles. The number of benzene rings is 2. The molecule has 1 aromatic heterocycles. The molecule has 34 heavy (non-hydrogen) atoms. The summed E-state index contributed by atoms with van der Waals surface area (Å²) in [4.78, 5) is 37.2. The number of fused-ring (bicyclic) bond motifs is 3. The van der Waals surface area contributed by atoms with Crippen LogP contribution in [0.5, 0.6) is 0 Å². The zero-order valence-corrected chi connectivity index (χ0v) is 19.0. The standard InChI is InChI=1S/C25H26N4O5/c1-3-29(14-23(30)31)24(32)22-12-16(27-28(22)2)13-26-25(33)34-15-21-19-10-6-4-8-17(19)18-9-5-7-11-20(18)21/h4-12,21H,3,13-15H2,1-2H3,(H,26,33)(H,30,31). The van der Waals surface area contributed by atoms with E-state index >= 15 is 0 Å². The van der Waals surface area contributed by atoms with Gasteiger partial charge in [-0.25, -0.2) is 4.79 Å². The molecule has 0 fully saturated rings. The third-order valence-corrected chi connectivity index (χ3v) is 5.90. The number of carboxylic acids is 1. The fourth-order valence-electron chi connectivity index (χ4n) is 4.28. The monoisotopic (exact) mass is 462 g/mol. The van der Waals surface area contributed by atoms with E-state index < -0.39 is 24.5 Å². The van der Waals surface area contributed by atoms with Crippen LogP contribution in [-0.4, -0.2) is 57.5 Å². The fraction of sp³-hybridized carbons (Fsp3) is 0.280. The van der Waals surface area contributed by atoms with E-state index in [4.69, 9.17) is 9.84 Å². The number of carbonyl (C=O) groups is 3. The summed E-state index contributed by atoms with van der Waals surface area (Å²) in [6.45, 7) is 1.84. The number of aromatic nitrogens is 2. The minimum atomic E-state index is -1.09. The molecule has 1 aliphatic rings. The molecule has 0 bridgehead atoms. The smallest absolute Gasteiger partial charge is 0.407 e. The van der Waals surface area contributed by atoms with Gasteiger partial charge < -0.3 is 20.1 Å². The second-order valence-corrected chi connectivity index (χ2v) is 8.04. The van der Waals surface area contributed by atoms with E-state index in [0.29, 0.717) is 5.69 Å². The highest BCUT2D eigenvalue weighted by Crippen LogP contribution is 2.44. The summed E-state index contributed by atoms with van der Waals surface area (Å²) >= 11 is 0. The molecule has 0 spiro atoms. The number of hydrogen-bond donors (Lipinski definition) is 2. The maximum atomic E-state index is 12.6. The zero-order valence-electron chi connectivity index (χ0n) is 19.0. The maximum absolute atomic E-state index is 12.6. The van der Waals surface area contributed by atoms with E-state index in [0.717, 1.165) is 22.3 Å². The van der Waals surface area contributed by atoms with Crippen molar-refractivity contribution < 1.29 is 24.2 Å². The van der Waals surface area contributed by atoms with Gasteiger partial charge in [0.15, 0.2) is 0 Å². The first-order chi connectivity index (χ1) is 16.4. The maximum Gasteiger partial charge on any atom is 0.407 e. The van der Waals surface area contributed by atoms with Crippen molar-refractivity contribution in [1.29, 1.82) is 0 Å². The summed E-state index contributed by atoms with van der Waals surface area (Å²) in [6.07, 6.45) is -0.582. The highest BCUT2D eigenvalue weighted by Gasteiger charge is 2.29. The lowest BCUT2D eigenvalue weighted by atomic mass is 9.98. The van der Waals surface area contributed by atoms with Gasteiger partial charge in [-0.3, -0.25) is 14.3 Å². The van der Waals surface area contributed by atoms with Crippen molar-refractivity contribution in [1.82, 2.24) is 20.0 Å². The molecule has 0 unspecified atom stereocenters. The van der Waals surface area contributed by atoms with E-state index in [2.05, 4.69) is 34.7 Å². The molecule has 1 aliphatic carbocycles. The number of rotatable bonds is 8. The summed E-state index contributed by atoms with van der Waals surface area (Å²) in [5, 5.41) is 15.9. The van der Waals surface area contributed by atoms with Crippen LogP contribution >= 0.6 is 0 Å². The summed E-state index contributed by atoms with van der Waals surface area (Å²) in [5.74, 6) is -1.56. The summed E-state index contributed by atoms with van der Waals surface area (Å²) < 4.78 is 6.90. The van der Waals surface area contributed by atoms with Crippen LogP contribution in [0.15, 0.2) is 54.6 Å². The molecule has 9 nitrogen and oxygen atoms in total. The summed E-state index contributed by atoms with van der Waals surface area (Å²) in [5.41, 5.74) is 5.28. The zero-order chi connectivity index (χ0) is 24.2. The third kappa shape index (κ3) is 4.63. The van der Waals surface area contributed by atoms with Crippen molar-refractivity contribution in [3.63, 3.8) is 0 Å². The minimum Gasteiger partial charge on any atom is -0.480 e. The van der Waals surface area contributed by atoms with Crippen LogP contribution in [0.25, 0.3) is 11.1 Å². The molecule has 0 saturated carbocycles. The van der Waals surface area contributed by atoms with Gasteiger partial charge in [-0.05, 0) is 35.2 Å². The van der Waals surface area contributed by atoms with E-state index in [1.54, 1.807) is 14.0 Å². The second kappa shape index (κ2) is 9.78. The van der Waals surface area contributed by atoms with Crippen LogP contribution in [0.2, 0.25) is 0 Å². The van der Waals surface area contributed by atoms with Gasteiger partial charge in [0.1, 0.15) is 18.8 Å². The lowest BCUT2D eigenvalue weighted by molar-refractivity contribution is -0.137. The Labute approximate surface area is 196 Å². The highest BCUT2D eigenvalue weighted by atomic mass is 16.5. The molecule has 0 aliphatic heterocycles. The number of carbonyl (C=O) groups excluding carboxylic acids is 2. The number of nitrogens with zero attached hydrogens (tertiary/aromatic N) is 3. The van der Waals surface area contributed by atoms with Crippen LogP contribution in [0.4, 0.5) is 4.79 Å². The van der Waals surface area contributed by atoms with E-state index in [-0.39, 0.29) is 31.3 Å². The molecular formula is C25H26N4O5. The third-order valence-electron chi connectivity index (χ3n) is 5.90. The molecule has 0 radical (unpaired) electrons. The molecule has 2 N–H and O–H groups in total. The molecule has 2 amide bonds.